The summed E-state index contributed by atoms with van der Waals surface area (Å²) in [5, 5.41) is 7.44. The minimum Gasteiger partial charge on any atom is -0.456 e. The number of thiophene rings is 2. The summed E-state index contributed by atoms with van der Waals surface area (Å²) in [7, 11) is 0. The highest BCUT2D eigenvalue weighted by atomic mass is 32.1. The normalized spacial score (nSPS) is 13.4. The molecule has 0 spiro atoms. The zero-order valence-corrected chi connectivity index (χ0v) is 31.0. The third kappa shape index (κ3) is 4.15. The van der Waals surface area contributed by atoms with Crippen molar-refractivity contribution in [3.05, 3.63) is 187 Å². The van der Waals surface area contributed by atoms with Crippen LogP contribution < -0.4 is 4.90 Å². The van der Waals surface area contributed by atoms with Crippen molar-refractivity contribution in [2.75, 3.05) is 4.90 Å². The number of benzene rings is 8. The van der Waals surface area contributed by atoms with Gasteiger partial charge in [-0.25, -0.2) is 0 Å². The van der Waals surface area contributed by atoms with E-state index in [-0.39, 0.29) is 5.41 Å². The Labute approximate surface area is 319 Å². The van der Waals surface area contributed by atoms with E-state index in [4.69, 9.17) is 4.42 Å². The predicted molar refractivity (Wildman–Crippen MR) is 232 cm³/mol. The maximum atomic E-state index is 6.70. The van der Waals surface area contributed by atoms with Crippen molar-refractivity contribution in [1.29, 1.82) is 0 Å². The van der Waals surface area contributed by atoms with E-state index in [1.807, 2.05) is 22.7 Å². The van der Waals surface area contributed by atoms with E-state index in [0.29, 0.717) is 0 Å². The van der Waals surface area contributed by atoms with Crippen LogP contribution in [0.15, 0.2) is 174 Å². The summed E-state index contributed by atoms with van der Waals surface area (Å²) in [5.41, 5.74) is 11.4. The average molecular weight is 726 g/mol. The highest BCUT2D eigenvalue weighted by Crippen LogP contribution is 2.53. The maximum absolute atomic E-state index is 6.70. The Morgan fingerprint density at radius 1 is 0.444 bits per heavy atom. The Bertz CT molecular complexity index is 3170. The molecule has 0 amide bonds. The van der Waals surface area contributed by atoms with E-state index in [0.717, 1.165) is 39.0 Å². The van der Waals surface area contributed by atoms with Gasteiger partial charge in [0.05, 0.1) is 11.1 Å². The average Bonchev–Trinajstić information content (AvgIpc) is 3.96. The summed E-state index contributed by atoms with van der Waals surface area (Å²) in [6, 6.07) is 62.5. The Morgan fingerprint density at radius 3 is 1.63 bits per heavy atom. The molecule has 0 saturated heterocycles. The van der Waals surface area contributed by atoms with Gasteiger partial charge >= 0.3 is 0 Å². The molecule has 0 atom stereocenters. The molecule has 11 aromatic rings. The number of nitrogens with zero attached hydrogens (tertiary/aromatic N) is 1. The lowest BCUT2D eigenvalue weighted by Gasteiger charge is -2.28. The summed E-state index contributed by atoms with van der Waals surface area (Å²) in [4.78, 5) is 2.44. The molecule has 0 N–H and O–H groups in total. The number of rotatable bonds is 4. The molecular weight excluding hydrogens is 695 g/mol. The van der Waals surface area contributed by atoms with Crippen molar-refractivity contribution in [2.45, 2.75) is 12.3 Å². The zero-order chi connectivity index (χ0) is 35.5. The minimum absolute atomic E-state index is 0.308. The molecule has 0 saturated carbocycles. The van der Waals surface area contributed by atoms with Crippen LogP contribution in [0.5, 0.6) is 0 Å². The van der Waals surface area contributed by atoms with E-state index in [9.17, 15) is 0 Å². The van der Waals surface area contributed by atoms with Crippen LogP contribution in [0.4, 0.5) is 17.1 Å². The quantitative estimate of drug-likeness (QED) is 0.180. The Kier molecular flexibility index (Phi) is 6.26. The molecule has 8 aromatic carbocycles. The van der Waals surface area contributed by atoms with Gasteiger partial charge in [-0.15, -0.1) is 22.7 Å². The van der Waals surface area contributed by atoms with E-state index in [2.05, 4.69) is 182 Å². The molecule has 0 aliphatic heterocycles. The summed E-state index contributed by atoms with van der Waals surface area (Å²) in [6.45, 7) is 2.38. The van der Waals surface area contributed by atoms with E-state index in [1.165, 1.54) is 68.2 Å². The SMILES string of the molecule is CC1(c2ccc3oc4cccc(N(c5ccc6c(c5)sc5ccccc56)c5ccc6c(c5)sc5ccccc56)c4c3c2)c2ccccc2-c2ccccc21. The zero-order valence-electron chi connectivity index (χ0n) is 29.3. The summed E-state index contributed by atoms with van der Waals surface area (Å²) in [6.07, 6.45) is 0. The van der Waals surface area contributed by atoms with Crippen LogP contribution in [0.1, 0.15) is 23.6 Å². The van der Waals surface area contributed by atoms with Crippen LogP contribution in [0, 0.1) is 0 Å². The third-order valence-corrected chi connectivity index (χ3v) is 14.0. The first-order chi connectivity index (χ1) is 26.6. The fourth-order valence-electron chi connectivity index (χ4n) is 9.20. The lowest BCUT2D eigenvalue weighted by atomic mass is 9.74. The number of hydrogen-bond acceptors (Lipinski definition) is 4. The summed E-state index contributed by atoms with van der Waals surface area (Å²) >= 11 is 3.72. The number of hydrogen-bond donors (Lipinski definition) is 0. The Morgan fingerprint density at radius 2 is 1.00 bits per heavy atom. The molecule has 12 rings (SSSR count). The second-order valence-electron chi connectivity index (χ2n) is 14.6. The van der Waals surface area contributed by atoms with Crippen LogP contribution in [0.2, 0.25) is 0 Å². The van der Waals surface area contributed by atoms with E-state index < -0.39 is 0 Å². The van der Waals surface area contributed by atoms with Crippen molar-refractivity contribution >= 4 is 102 Å². The van der Waals surface area contributed by atoms with Crippen LogP contribution in [0.25, 0.3) is 73.4 Å². The molecule has 1 aliphatic rings. The topological polar surface area (TPSA) is 16.4 Å². The van der Waals surface area contributed by atoms with Crippen molar-refractivity contribution < 1.29 is 4.42 Å². The van der Waals surface area contributed by atoms with Gasteiger partial charge in [0.15, 0.2) is 0 Å². The molecule has 3 aromatic heterocycles. The second-order valence-corrected chi connectivity index (χ2v) is 16.7. The highest BCUT2D eigenvalue weighted by molar-refractivity contribution is 7.26. The van der Waals surface area contributed by atoms with E-state index in [1.54, 1.807) is 0 Å². The number of fused-ring (bicyclic) bond motifs is 12. The van der Waals surface area contributed by atoms with Gasteiger partial charge in [-0.1, -0.05) is 109 Å². The Balaban J connectivity index is 1.12. The first-order valence-electron chi connectivity index (χ1n) is 18.4. The molecule has 3 heterocycles. The van der Waals surface area contributed by atoms with Gasteiger partial charge in [-0.3, -0.25) is 0 Å². The van der Waals surface area contributed by atoms with Crippen molar-refractivity contribution in [1.82, 2.24) is 0 Å². The molecule has 2 nitrogen and oxygen atoms in total. The smallest absolute Gasteiger partial charge is 0.137 e. The fraction of sp³-hybridized carbons (Fsp3) is 0.0400. The molecule has 54 heavy (non-hydrogen) atoms. The molecule has 4 heteroatoms. The first-order valence-corrected chi connectivity index (χ1v) is 20.0. The van der Waals surface area contributed by atoms with Gasteiger partial charge in [0.2, 0.25) is 0 Å². The van der Waals surface area contributed by atoms with Gasteiger partial charge in [0.25, 0.3) is 0 Å². The van der Waals surface area contributed by atoms with Gasteiger partial charge in [0, 0.05) is 62.5 Å². The largest absolute Gasteiger partial charge is 0.456 e. The Hall–Kier alpha value is -6.20. The maximum Gasteiger partial charge on any atom is 0.137 e. The second kappa shape index (κ2) is 11.2. The van der Waals surface area contributed by atoms with Crippen LogP contribution in [0.3, 0.4) is 0 Å². The number of anilines is 3. The summed E-state index contributed by atoms with van der Waals surface area (Å²) < 4.78 is 11.9. The third-order valence-electron chi connectivity index (χ3n) is 11.8. The van der Waals surface area contributed by atoms with Gasteiger partial charge in [0.1, 0.15) is 11.2 Å². The van der Waals surface area contributed by atoms with Crippen LogP contribution in [-0.4, -0.2) is 0 Å². The van der Waals surface area contributed by atoms with Gasteiger partial charge in [-0.05, 0) is 95.4 Å². The molecule has 254 valence electrons. The van der Waals surface area contributed by atoms with Crippen LogP contribution in [-0.2, 0) is 5.41 Å². The van der Waals surface area contributed by atoms with Crippen molar-refractivity contribution in [3.63, 3.8) is 0 Å². The summed E-state index contributed by atoms with van der Waals surface area (Å²) in [5.74, 6) is 0. The first kappa shape index (κ1) is 30.3. The van der Waals surface area contributed by atoms with Crippen molar-refractivity contribution in [3.8, 4) is 11.1 Å². The fourth-order valence-corrected chi connectivity index (χ4v) is 11.5. The molecular formula is C50H31NOS2. The van der Waals surface area contributed by atoms with E-state index >= 15 is 0 Å². The lowest BCUT2D eigenvalue weighted by Crippen LogP contribution is -2.22. The molecule has 0 fully saturated rings. The monoisotopic (exact) mass is 725 g/mol. The minimum atomic E-state index is -0.308. The predicted octanol–water partition coefficient (Wildman–Crippen LogP) is 15.1. The molecule has 0 bridgehead atoms. The highest BCUT2D eigenvalue weighted by Gasteiger charge is 2.40. The molecule has 1 aliphatic carbocycles. The molecule has 0 radical (unpaired) electrons. The van der Waals surface area contributed by atoms with Crippen molar-refractivity contribution in [2.24, 2.45) is 0 Å². The van der Waals surface area contributed by atoms with Gasteiger partial charge < -0.3 is 9.32 Å². The lowest BCUT2D eigenvalue weighted by molar-refractivity contribution is 0.667. The number of furan rings is 1. The molecule has 0 unspecified atom stereocenters. The van der Waals surface area contributed by atoms with Crippen LogP contribution >= 0.6 is 22.7 Å². The standard InChI is InChI=1S/C50H31NOS2/c1-50(40-15-6-2-11-33(40)34-12-3-7-16-41(34)50)30-21-26-43-39(27-30)49-42(17-10-18-44(49)52-43)51(31-22-24-37-35-13-4-8-19-45(35)53-47(37)28-31)32-23-25-38-36-14-5-9-20-46(36)54-48(38)29-32/h2-29H,1H3. The van der Waals surface area contributed by atoms with Gasteiger partial charge in [-0.2, -0.15) is 0 Å².